The summed E-state index contributed by atoms with van der Waals surface area (Å²) in [7, 11) is 0. The second-order valence-corrected chi connectivity index (χ2v) is 7.83. The van der Waals surface area contributed by atoms with E-state index in [0.717, 1.165) is 18.9 Å². The number of nitrogens with zero attached hydrogens (tertiary/aromatic N) is 2. The molecule has 2 amide bonds. The molecule has 2 heterocycles. The molecule has 5 N–H and O–H groups in total. The molecule has 1 aromatic heterocycles. The fourth-order valence-electron chi connectivity index (χ4n) is 3.10. The van der Waals surface area contributed by atoms with Crippen molar-refractivity contribution in [3.63, 3.8) is 0 Å². The van der Waals surface area contributed by atoms with Crippen LogP contribution in [-0.2, 0) is 16.9 Å². The van der Waals surface area contributed by atoms with E-state index in [4.69, 9.17) is 15.6 Å². The Kier molecular flexibility index (Phi) is 6.92. The van der Waals surface area contributed by atoms with Crippen LogP contribution in [0.15, 0.2) is 35.4 Å². The number of nitrogens with one attached hydrogen (secondary N) is 2. The van der Waals surface area contributed by atoms with Crippen LogP contribution in [0.25, 0.3) is 0 Å². The quantitative estimate of drug-likeness (QED) is 0.357. The van der Waals surface area contributed by atoms with Crippen LogP contribution in [0.3, 0.4) is 0 Å². The second kappa shape index (κ2) is 9.44. The first-order chi connectivity index (χ1) is 16.6. The van der Waals surface area contributed by atoms with Gasteiger partial charge < -0.3 is 21.5 Å². The monoisotopic (exact) mass is 517 g/mol. The Balaban J connectivity index is 0.000000454. The Bertz CT molecular complexity index is 1310. The molecule has 2 aliphatic rings. The number of rotatable bonds is 2. The highest BCUT2D eigenvalue weighted by atomic mass is 19.4. The predicted octanol–water partition coefficient (Wildman–Crippen LogP) is 2.81. The molecule has 9 nitrogen and oxygen atoms in total. The molecule has 36 heavy (non-hydrogen) atoms. The van der Waals surface area contributed by atoms with Crippen molar-refractivity contribution in [1.29, 1.82) is 0 Å². The van der Waals surface area contributed by atoms with Crippen molar-refractivity contribution < 1.29 is 41.0 Å². The molecule has 192 valence electrons. The lowest BCUT2D eigenvalue weighted by atomic mass is 9.85. The summed E-state index contributed by atoms with van der Waals surface area (Å²) in [5.41, 5.74) is 2.57. The zero-order chi connectivity index (χ0) is 26.9. The number of carbonyl (C=O) groups excluding carboxylic acids is 1. The predicted molar refractivity (Wildman–Crippen MR) is 113 cm³/mol. The summed E-state index contributed by atoms with van der Waals surface area (Å²) in [6.07, 6.45) is -7.15. The summed E-state index contributed by atoms with van der Waals surface area (Å²) in [6.45, 7) is 0.0511. The van der Waals surface area contributed by atoms with E-state index < -0.39 is 35.5 Å². The summed E-state index contributed by atoms with van der Waals surface area (Å²) < 4.78 is 75.1. The molecule has 15 heteroatoms. The van der Waals surface area contributed by atoms with Crippen LogP contribution >= 0.6 is 0 Å². The van der Waals surface area contributed by atoms with Crippen LogP contribution in [-0.4, -0.2) is 39.0 Å². The summed E-state index contributed by atoms with van der Waals surface area (Å²) in [5.74, 6) is 2.14. The largest absolute Gasteiger partial charge is 0.490 e. The van der Waals surface area contributed by atoms with Gasteiger partial charge in [-0.3, -0.25) is 9.36 Å². The van der Waals surface area contributed by atoms with Gasteiger partial charge in [0, 0.05) is 23.2 Å². The highest BCUT2D eigenvalue weighted by Gasteiger charge is 2.59. The zero-order valence-corrected chi connectivity index (χ0v) is 18.0. The Labute approximate surface area is 198 Å². The SMILES string of the molecule is Nc1cc(=O)n(Cc2ccc3c(c2)NC(=O)N[C@]3(C#CC2CC2)C(F)(F)F)cn1.O=C(O)C(F)(F)F. The van der Waals surface area contributed by atoms with Gasteiger partial charge in [0.05, 0.1) is 6.54 Å². The number of carboxylic acid groups (broad SMARTS) is 1. The van der Waals surface area contributed by atoms with Crippen LogP contribution in [0.2, 0.25) is 0 Å². The number of hydrogen-bond acceptors (Lipinski definition) is 5. The Hall–Kier alpha value is -4.22. The number of fused-ring (bicyclic) bond motifs is 1. The number of carbonyl (C=O) groups is 2. The number of urea groups is 1. The van der Waals surface area contributed by atoms with E-state index in [1.54, 1.807) is 0 Å². The molecular weight excluding hydrogens is 500 g/mol. The van der Waals surface area contributed by atoms with E-state index in [2.05, 4.69) is 22.1 Å². The van der Waals surface area contributed by atoms with Crippen LogP contribution in [0.5, 0.6) is 0 Å². The summed E-state index contributed by atoms with van der Waals surface area (Å²) in [4.78, 5) is 36.7. The minimum atomic E-state index is -5.08. The van der Waals surface area contributed by atoms with Gasteiger partial charge in [-0.05, 0) is 24.5 Å². The molecule has 0 radical (unpaired) electrons. The lowest BCUT2D eigenvalue weighted by Crippen LogP contribution is -2.59. The van der Waals surface area contributed by atoms with Gasteiger partial charge in [0.25, 0.3) is 5.56 Å². The molecule has 1 saturated carbocycles. The average Bonchev–Trinajstić information content (AvgIpc) is 3.57. The number of aromatic nitrogens is 2. The van der Waals surface area contributed by atoms with Gasteiger partial charge in [0.15, 0.2) is 0 Å². The number of hydrogen-bond donors (Lipinski definition) is 4. The number of carboxylic acids is 1. The molecule has 1 atom stereocenters. The molecule has 0 unspecified atom stereocenters. The van der Waals surface area contributed by atoms with E-state index >= 15 is 0 Å². The number of amides is 2. The van der Waals surface area contributed by atoms with Gasteiger partial charge in [-0.15, -0.1) is 0 Å². The van der Waals surface area contributed by atoms with E-state index in [1.165, 1.54) is 29.1 Å². The molecule has 1 fully saturated rings. The standard InChI is InChI=1S/C19H16F3N5O2.C2HF3O2/c20-19(21,22)18(6-5-11-1-2-11)13-4-3-12(7-14(13)25-17(29)26-18)9-27-10-24-15(23)8-16(27)28;3-2(4,5)1(6)7/h3-4,7-8,10-11H,1-2,9,23H2,(H2,25,26,29);(H,6,7)/t18-;/m0./s1. The molecule has 1 aromatic carbocycles. The highest BCUT2D eigenvalue weighted by molar-refractivity contribution is 5.95. The van der Waals surface area contributed by atoms with E-state index in [0.29, 0.717) is 5.56 Å². The minimum Gasteiger partial charge on any atom is -0.475 e. The van der Waals surface area contributed by atoms with Gasteiger partial charge in [0.1, 0.15) is 12.1 Å². The maximum atomic E-state index is 14.0. The van der Waals surface area contributed by atoms with Crippen molar-refractivity contribution in [1.82, 2.24) is 14.9 Å². The Morgan fingerprint density at radius 2 is 1.83 bits per heavy atom. The maximum Gasteiger partial charge on any atom is 0.490 e. The molecule has 1 aliphatic carbocycles. The van der Waals surface area contributed by atoms with Gasteiger partial charge in [-0.1, -0.05) is 24.0 Å². The van der Waals surface area contributed by atoms with Gasteiger partial charge >= 0.3 is 24.4 Å². The van der Waals surface area contributed by atoms with Gasteiger partial charge in [-0.2, -0.15) is 26.3 Å². The molecule has 1 aliphatic heterocycles. The van der Waals surface area contributed by atoms with E-state index in [-0.39, 0.29) is 29.5 Å². The third kappa shape index (κ3) is 5.88. The number of halogens is 6. The maximum absolute atomic E-state index is 14.0. The van der Waals surface area contributed by atoms with Crippen molar-refractivity contribution in [2.75, 3.05) is 11.1 Å². The van der Waals surface area contributed by atoms with Crippen molar-refractivity contribution in [3.05, 3.63) is 52.1 Å². The van der Waals surface area contributed by atoms with Crippen molar-refractivity contribution in [2.24, 2.45) is 5.92 Å². The number of anilines is 2. The minimum absolute atomic E-state index is 0.00914. The van der Waals surface area contributed by atoms with Crippen LogP contribution in [0.1, 0.15) is 24.0 Å². The number of alkyl halides is 6. The summed E-state index contributed by atoms with van der Waals surface area (Å²) in [5, 5.41) is 11.5. The van der Waals surface area contributed by atoms with E-state index in [9.17, 15) is 35.9 Å². The third-order valence-electron chi connectivity index (χ3n) is 5.00. The van der Waals surface area contributed by atoms with Crippen molar-refractivity contribution in [2.45, 2.75) is 37.3 Å². The molecule has 4 rings (SSSR count). The molecular formula is C21H17F6N5O4. The molecule has 2 aromatic rings. The average molecular weight is 517 g/mol. The van der Waals surface area contributed by atoms with Crippen molar-refractivity contribution >= 4 is 23.5 Å². The first kappa shape index (κ1) is 26.4. The Morgan fingerprint density at radius 3 is 2.36 bits per heavy atom. The molecule has 0 bridgehead atoms. The summed E-state index contributed by atoms with van der Waals surface area (Å²) in [6, 6.07) is 4.27. The second-order valence-electron chi connectivity index (χ2n) is 7.83. The first-order valence-corrected chi connectivity index (χ1v) is 10.1. The smallest absolute Gasteiger partial charge is 0.475 e. The lowest BCUT2D eigenvalue weighted by Gasteiger charge is -2.37. The molecule has 0 spiro atoms. The Morgan fingerprint density at radius 1 is 1.19 bits per heavy atom. The molecule has 0 saturated heterocycles. The number of nitrogen functional groups attached to an aromatic ring is 1. The third-order valence-corrected chi connectivity index (χ3v) is 5.00. The highest BCUT2D eigenvalue weighted by Crippen LogP contribution is 2.44. The fraction of sp³-hybridized carbons (Fsp3) is 0.333. The number of aliphatic carboxylic acids is 1. The number of nitrogens with two attached hydrogens (primary N) is 1. The fourth-order valence-corrected chi connectivity index (χ4v) is 3.10. The summed E-state index contributed by atoms with van der Waals surface area (Å²) >= 11 is 0. The van der Waals surface area contributed by atoms with Gasteiger partial charge in [0.2, 0.25) is 5.54 Å². The lowest BCUT2D eigenvalue weighted by molar-refractivity contribution is -0.192. The van der Waals surface area contributed by atoms with Gasteiger partial charge in [-0.25, -0.2) is 14.6 Å². The zero-order valence-electron chi connectivity index (χ0n) is 18.0. The topological polar surface area (TPSA) is 139 Å². The first-order valence-electron chi connectivity index (χ1n) is 10.1. The van der Waals surface area contributed by atoms with Crippen LogP contribution in [0, 0.1) is 17.8 Å². The number of benzene rings is 1. The van der Waals surface area contributed by atoms with Crippen LogP contribution in [0.4, 0.5) is 42.6 Å². The van der Waals surface area contributed by atoms with Crippen molar-refractivity contribution in [3.8, 4) is 11.8 Å². The normalized spacial score (nSPS) is 18.9. The van der Waals surface area contributed by atoms with Crippen LogP contribution < -0.4 is 21.9 Å². The van der Waals surface area contributed by atoms with E-state index in [1.807, 2.05) is 5.32 Å².